The fraction of sp³-hybridized carbons (Fsp3) is 0.652. The Morgan fingerprint density at radius 1 is 1.17 bits per heavy atom. The van der Waals surface area contributed by atoms with Crippen LogP contribution in [-0.4, -0.2) is 66.1 Å². The van der Waals surface area contributed by atoms with Crippen molar-refractivity contribution in [2.24, 2.45) is 0 Å². The zero-order chi connectivity index (χ0) is 20.8. The molecule has 1 aromatic heterocycles. The van der Waals surface area contributed by atoms with Crippen molar-refractivity contribution in [2.75, 3.05) is 25.0 Å². The van der Waals surface area contributed by atoms with Gasteiger partial charge in [-0.05, 0) is 58.7 Å². The molecule has 1 aromatic carbocycles. The summed E-state index contributed by atoms with van der Waals surface area (Å²) in [6, 6.07) is 8.26. The van der Waals surface area contributed by atoms with E-state index in [4.69, 9.17) is 9.40 Å². The highest BCUT2D eigenvalue weighted by atomic mass is 16.4. The van der Waals surface area contributed by atoms with Crippen molar-refractivity contribution in [3.63, 3.8) is 0 Å². The number of fused-ring (bicyclic) bond motifs is 3. The van der Waals surface area contributed by atoms with E-state index in [1.807, 2.05) is 18.2 Å². The lowest BCUT2D eigenvalue weighted by Crippen LogP contribution is -2.55. The number of hydrogen-bond donors (Lipinski definition) is 2. The quantitative estimate of drug-likeness (QED) is 0.809. The van der Waals surface area contributed by atoms with E-state index in [1.165, 1.54) is 19.3 Å². The Balaban J connectivity index is 1.38. The van der Waals surface area contributed by atoms with Crippen LogP contribution in [0, 0.1) is 0 Å². The average Bonchev–Trinajstić information content (AvgIpc) is 3.12. The molecule has 7 nitrogen and oxygen atoms in total. The molecule has 7 heteroatoms. The monoisotopic (exact) mass is 411 g/mol. The molecule has 2 bridgehead atoms. The number of hydrogen-bond acceptors (Lipinski definition) is 6. The standard InChI is InChI=1S/C23H33N5O2/c1-14-12-24-13-15(2)28(14)23-26-21-19(8-5-9-20(21)30-23)22(29)25-16-10-17-6-4-7-18(11-16)27(17)3/h5,8-9,14-18,24H,4,6-7,10-13H2,1-3H3,(H,25,29)/t14-,15+,16?,17?,18?. The lowest BCUT2D eigenvalue weighted by atomic mass is 9.82. The molecule has 4 heterocycles. The molecule has 162 valence electrons. The fourth-order valence-electron chi connectivity index (χ4n) is 5.74. The molecule has 0 aliphatic carbocycles. The summed E-state index contributed by atoms with van der Waals surface area (Å²) in [4.78, 5) is 22.7. The van der Waals surface area contributed by atoms with Crippen LogP contribution in [0.4, 0.5) is 6.01 Å². The van der Waals surface area contributed by atoms with E-state index in [0.717, 1.165) is 25.9 Å². The number of nitrogens with one attached hydrogen (secondary N) is 2. The number of aromatic nitrogens is 1. The summed E-state index contributed by atoms with van der Waals surface area (Å²) in [6.45, 7) is 6.13. The van der Waals surface area contributed by atoms with E-state index in [2.05, 4.69) is 41.3 Å². The molecule has 3 aliphatic rings. The number of amides is 1. The summed E-state index contributed by atoms with van der Waals surface area (Å²) in [5.41, 5.74) is 1.95. The first-order chi connectivity index (χ1) is 14.5. The minimum absolute atomic E-state index is 0.0329. The second kappa shape index (κ2) is 7.85. The SMILES string of the molecule is C[C@@H]1CNC[C@H](C)N1c1nc2c(C(=O)NC3CC4CCCC(C3)N4C)cccc2o1. The van der Waals surface area contributed by atoms with Gasteiger partial charge in [0.2, 0.25) is 0 Å². The van der Waals surface area contributed by atoms with Crippen LogP contribution < -0.4 is 15.5 Å². The summed E-state index contributed by atoms with van der Waals surface area (Å²) in [5, 5.41) is 6.75. The number of rotatable bonds is 3. The van der Waals surface area contributed by atoms with Gasteiger partial charge in [0.15, 0.2) is 5.58 Å². The van der Waals surface area contributed by atoms with Gasteiger partial charge in [0, 0.05) is 43.3 Å². The zero-order valence-electron chi connectivity index (χ0n) is 18.2. The molecule has 3 fully saturated rings. The molecular formula is C23H33N5O2. The first-order valence-electron chi connectivity index (χ1n) is 11.4. The van der Waals surface area contributed by atoms with Gasteiger partial charge >= 0.3 is 0 Å². The summed E-state index contributed by atoms with van der Waals surface area (Å²) < 4.78 is 6.10. The van der Waals surface area contributed by atoms with E-state index >= 15 is 0 Å². The van der Waals surface area contributed by atoms with Crippen LogP contribution >= 0.6 is 0 Å². The van der Waals surface area contributed by atoms with Crippen LogP contribution in [0.3, 0.4) is 0 Å². The molecule has 3 aliphatic heterocycles. The molecule has 2 N–H and O–H groups in total. The third-order valence-electron chi connectivity index (χ3n) is 7.38. The molecule has 5 rings (SSSR count). The number of piperazine rings is 1. The first-order valence-corrected chi connectivity index (χ1v) is 11.4. The zero-order valence-corrected chi connectivity index (χ0v) is 18.2. The molecule has 30 heavy (non-hydrogen) atoms. The molecule has 1 amide bonds. The molecule has 4 atom stereocenters. The van der Waals surface area contributed by atoms with E-state index < -0.39 is 0 Å². The second-order valence-corrected chi connectivity index (χ2v) is 9.46. The van der Waals surface area contributed by atoms with Gasteiger partial charge in [-0.25, -0.2) is 0 Å². The minimum atomic E-state index is -0.0329. The van der Waals surface area contributed by atoms with Crippen molar-refractivity contribution in [2.45, 2.75) is 76.2 Å². The molecule has 0 radical (unpaired) electrons. The maximum absolute atomic E-state index is 13.2. The Bertz CT molecular complexity index is 903. The summed E-state index contributed by atoms with van der Waals surface area (Å²) in [7, 11) is 2.24. The topological polar surface area (TPSA) is 73.6 Å². The predicted octanol–water partition coefficient (Wildman–Crippen LogP) is 2.76. The number of anilines is 1. The van der Waals surface area contributed by atoms with Crippen LogP contribution in [0.15, 0.2) is 22.6 Å². The predicted molar refractivity (Wildman–Crippen MR) is 118 cm³/mol. The third-order valence-corrected chi connectivity index (χ3v) is 7.38. The Hall–Kier alpha value is -2.12. The molecule has 3 saturated heterocycles. The summed E-state index contributed by atoms with van der Waals surface area (Å²) in [6.07, 6.45) is 5.86. The van der Waals surface area contributed by atoms with Gasteiger partial charge in [-0.1, -0.05) is 12.5 Å². The minimum Gasteiger partial charge on any atom is -0.423 e. The van der Waals surface area contributed by atoms with Gasteiger partial charge in [0.25, 0.3) is 11.9 Å². The van der Waals surface area contributed by atoms with Crippen LogP contribution in [-0.2, 0) is 0 Å². The molecule has 0 spiro atoms. The number of oxazole rings is 1. The number of nitrogens with zero attached hydrogens (tertiary/aromatic N) is 3. The van der Waals surface area contributed by atoms with Gasteiger partial charge in [-0.3, -0.25) is 4.79 Å². The van der Waals surface area contributed by atoms with Gasteiger partial charge < -0.3 is 24.9 Å². The largest absolute Gasteiger partial charge is 0.423 e. The van der Waals surface area contributed by atoms with E-state index in [1.54, 1.807) is 0 Å². The molecule has 2 aromatic rings. The van der Waals surface area contributed by atoms with Gasteiger partial charge in [-0.15, -0.1) is 0 Å². The fourth-order valence-corrected chi connectivity index (χ4v) is 5.74. The van der Waals surface area contributed by atoms with Crippen LogP contribution in [0.25, 0.3) is 11.1 Å². The van der Waals surface area contributed by atoms with Crippen LogP contribution in [0.2, 0.25) is 0 Å². The van der Waals surface area contributed by atoms with Crippen molar-refractivity contribution in [3.8, 4) is 0 Å². The van der Waals surface area contributed by atoms with E-state index in [0.29, 0.717) is 34.8 Å². The van der Waals surface area contributed by atoms with Crippen molar-refractivity contribution >= 4 is 23.0 Å². The maximum Gasteiger partial charge on any atom is 0.298 e. The van der Waals surface area contributed by atoms with E-state index in [9.17, 15) is 4.79 Å². The van der Waals surface area contributed by atoms with E-state index in [-0.39, 0.29) is 24.0 Å². The molecule has 0 saturated carbocycles. The number of piperidine rings is 2. The Morgan fingerprint density at radius 2 is 1.87 bits per heavy atom. The van der Waals surface area contributed by atoms with Crippen molar-refractivity contribution in [1.82, 2.24) is 20.5 Å². The van der Waals surface area contributed by atoms with Gasteiger partial charge in [0.05, 0.1) is 5.56 Å². The average molecular weight is 412 g/mol. The smallest absolute Gasteiger partial charge is 0.298 e. The Labute approximate surface area is 178 Å². The summed E-state index contributed by atoms with van der Waals surface area (Å²) in [5.74, 6) is -0.0329. The maximum atomic E-state index is 13.2. The second-order valence-electron chi connectivity index (χ2n) is 9.46. The highest BCUT2D eigenvalue weighted by Crippen LogP contribution is 2.33. The summed E-state index contributed by atoms with van der Waals surface area (Å²) >= 11 is 0. The number of carbonyl (C=O) groups excluding carboxylic acids is 1. The first kappa shape index (κ1) is 19.8. The third kappa shape index (κ3) is 3.48. The van der Waals surface area contributed by atoms with Crippen molar-refractivity contribution in [1.29, 1.82) is 0 Å². The Morgan fingerprint density at radius 3 is 2.57 bits per heavy atom. The van der Waals surface area contributed by atoms with Gasteiger partial charge in [0.1, 0.15) is 5.52 Å². The number of benzene rings is 1. The van der Waals surface area contributed by atoms with Crippen LogP contribution in [0.5, 0.6) is 0 Å². The number of carbonyl (C=O) groups is 1. The van der Waals surface area contributed by atoms with Crippen molar-refractivity contribution in [3.05, 3.63) is 23.8 Å². The highest BCUT2D eigenvalue weighted by Gasteiger charge is 2.37. The molecule has 2 unspecified atom stereocenters. The molecular weight excluding hydrogens is 378 g/mol. The number of para-hydroxylation sites is 1. The van der Waals surface area contributed by atoms with Gasteiger partial charge in [-0.2, -0.15) is 4.98 Å². The van der Waals surface area contributed by atoms with Crippen LogP contribution in [0.1, 0.15) is 56.3 Å². The van der Waals surface area contributed by atoms with Crippen molar-refractivity contribution < 1.29 is 9.21 Å². The normalized spacial score (nSPS) is 32.4. The lowest BCUT2D eigenvalue weighted by Gasteiger charge is -2.47. The highest BCUT2D eigenvalue weighted by molar-refractivity contribution is 6.04. The lowest BCUT2D eigenvalue weighted by molar-refractivity contribution is 0.0463. The Kier molecular flexibility index (Phi) is 5.19.